The standard InChI is InChI=1S/C13H19NO5S/c1-13(2,3)9-5-6-11(19-4)10(7-9)14-20(17,18)8-12(15)16/h5-7,14H,8H2,1-4H3,(H,15,16). The van der Waals surface area contributed by atoms with Crippen LogP contribution in [0.2, 0.25) is 0 Å². The lowest BCUT2D eigenvalue weighted by atomic mass is 9.87. The molecule has 0 amide bonds. The molecule has 0 fully saturated rings. The average Bonchev–Trinajstić information content (AvgIpc) is 2.25. The van der Waals surface area contributed by atoms with E-state index in [1.54, 1.807) is 12.1 Å². The Balaban J connectivity index is 3.19. The summed E-state index contributed by atoms with van der Waals surface area (Å²) in [5.41, 5.74) is 0.978. The van der Waals surface area contributed by atoms with Gasteiger partial charge in [-0.2, -0.15) is 0 Å². The Kier molecular flexibility index (Phi) is 4.65. The van der Waals surface area contributed by atoms with Crippen molar-refractivity contribution in [1.82, 2.24) is 0 Å². The van der Waals surface area contributed by atoms with Crippen LogP contribution >= 0.6 is 0 Å². The molecule has 0 aliphatic rings. The Morgan fingerprint density at radius 1 is 1.35 bits per heavy atom. The maximum absolute atomic E-state index is 11.7. The minimum Gasteiger partial charge on any atom is -0.495 e. The monoisotopic (exact) mass is 301 g/mol. The first-order chi connectivity index (χ1) is 9.05. The van der Waals surface area contributed by atoms with Crippen molar-refractivity contribution in [3.8, 4) is 5.75 Å². The molecule has 1 rings (SSSR count). The molecule has 0 saturated carbocycles. The zero-order valence-electron chi connectivity index (χ0n) is 11.9. The van der Waals surface area contributed by atoms with Gasteiger partial charge in [-0.05, 0) is 23.1 Å². The van der Waals surface area contributed by atoms with Crippen molar-refractivity contribution in [1.29, 1.82) is 0 Å². The van der Waals surface area contributed by atoms with Crippen molar-refractivity contribution in [2.45, 2.75) is 26.2 Å². The molecule has 0 radical (unpaired) electrons. The lowest BCUT2D eigenvalue weighted by molar-refractivity contribution is -0.134. The van der Waals surface area contributed by atoms with Gasteiger partial charge < -0.3 is 9.84 Å². The van der Waals surface area contributed by atoms with Crippen molar-refractivity contribution in [2.75, 3.05) is 17.6 Å². The predicted molar refractivity (Wildman–Crippen MR) is 76.7 cm³/mol. The number of anilines is 1. The van der Waals surface area contributed by atoms with E-state index in [1.165, 1.54) is 7.11 Å². The number of hydrogen-bond acceptors (Lipinski definition) is 4. The molecular formula is C13H19NO5S. The third-order valence-electron chi connectivity index (χ3n) is 2.64. The lowest BCUT2D eigenvalue weighted by Crippen LogP contribution is -2.23. The fraction of sp³-hybridized carbons (Fsp3) is 0.462. The number of carboxylic acid groups (broad SMARTS) is 1. The zero-order chi connectivity index (χ0) is 15.6. The summed E-state index contributed by atoms with van der Waals surface area (Å²) < 4.78 is 30.7. The maximum Gasteiger partial charge on any atom is 0.320 e. The highest BCUT2D eigenvalue weighted by molar-refractivity contribution is 7.93. The van der Waals surface area contributed by atoms with E-state index in [9.17, 15) is 13.2 Å². The molecule has 0 atom stereocenters. The summed E-state index contributed by atoms with van der Waals surface area (Å²) in [6, 6.07) is 5.14. The van der Waals surface area contributed by atoms with Crippen LogP contribution in [-0.4, -0.2) is 32.4 Å². The van der Waals surface area contributed by atoms with Crippen molar-refractivity contribution >= 4 is 21.7 Å². The summed E-state index contributed by atoms with van der Waals surface area (Å²) >= 11 is 0. The van der Waals surface area contributed by atoms with Crippen LogP contribution in [0.15, 0.2) is 18.2 Å². The fourth-order valence-corrected chi connectivity index (χ4v) is 2.51. The molecule has 0 aliphatic heterocycles. The molecule has 20 heavy (non-hydrogen) atoms. The number of methoxy groups -OCH3 is 1. The van der Waals surface area contributed by atoms with Crippen LogP contribution in [0.25, 0.3) is 0 Å². The van der Waals surface area contributed by atoms with Crippen LogP contribution in [0.1, 0.15) is 26.3 Å². The Morgan fingerprint density at radius 3 is 2.40 bits per heavy atom. The molecule has 6 nitrogen and oxygen atoms in total. The fourth-order valence-electron chi connectivity index (χ4n) is 1.62. The van der Waals surface area contributed by atoms with Gasteiger partial charge in [0.2, 0.25) is 10.0 Å². The smallest absolute Gasteiger partial charge is 0.320 e. The first-order valence-electron chi connectivity index (χ1n) is 5.96. The summed E-state index contributed by atoms with van der Waals surface area (Å²) in [4.78, 5) is 10.5. The normalized spacial score (nSPS) is 12.0. The molecule has 1 aromatic carbocycles. The van der Waals surface area contributed by atoms with Gasteiger partial charge in [-0.25, -0.2) is 8.42 Å². The van der Waals surface area contributed by atoms with E-state index >= 15 is 0 Å². The molecule has 1 aromatic rings. The zero-order valence-corrected chi connectivity index (χ0v) is 12.7. The van der Waals surface area contributed by atoms with Gasteiger partial charge in [-0.15, -0.1) is 0 Å². The maximum atomic E-state index is 11.7. The highest BCUT2D eigenvalue weighted by atomic mass is 32.2. The summed E-state index contributed by atoms with van der Waals surface area (Å²) in [5, 5.41) is 8.59. The molecular weight excluding hydrogens is 282 g/mol. The van der Waals surface area contributed by atoms with E-state index in [2.05, 4.69) is 4.72 Å². The Hall–Kier alpha value is -1.76. The van der Waals surface area contributed by atoms with E-state index in [0.717, 1.165) is 5.56 Å². The van der Waals surface area contributed by atoms with E-state index in [1.807, 2.05) is 26.8 Å². The SMILES string of the molecule is COc1ccc(C(C)(C)C)cc1NS(=O)(=O)CC(=O)O. The Labute approximate surface area is 118 Å². The average molecular weight is 301 g/mol. The minimum absolute atomic E-state index is 0.167. The molecule has 0 saturated heterocycles. The molecule has 112 valence electrons. The second-order valence-corrected chi connectivity index (χ2v) is 7.14. The van der Waals surface area contributed by atoms with E-state index < -0.39 is 21.7 Å². The topological polar surface area (TPSA) is 92.7 Å². The van der Waals surface area contributed by atoms with Crippen molar-refractivity contribution in [2.24, 2.45) is 0 Å². The van der Waals surface area contributed by atoms with Crippen molar-refractivity contribution in [3.63, 3.8) is 0 Å². The molecule has 0 unspecified atom stereocenters. The first kappa shape index (κ1) is 16.3. The van der Waals surface area contributed by atoms with E-state index in [0.29, 0.717) is 5.75 Å². The summed E-state index contributed by atoms with van der Waals surface area (Å²) in [6.07, 6.45) is 0. The third-order valence-corrected chi connectivity index (χ3v) is 3.80. The van der Waals surface area contributed by atoms with Crippen LogP contribution in [0, 0.1) is 0 Å². The van der Waals surface area contributed by atoms with Crippen LogP contribution in [-0.2, 0) is 20.2 Å². The number of carboxylic acids is 1. The largest absolute Gasteiger partial charge is 0.495 e. The third kappa shape index (κ3) is 4.41. The number of hydrogen-bond donors (Lipinski definition) is 2. The molecule has 0 heterocycles. The van der Waals surface area contributed by atoms with Gasteiger partial charge >= 0.3 is 5.97 Å². The second kappa shape index (κ2) is 5.70. The summed E-state index contributed by atoms with van der Waals surface area (Å²) in [6.45, 7) is 5.97. The molecule has 7 heteroatoms. The number of sulfonamides is 1. The number of nitrogens with one attached hydrogen (secondary N) is 1. The van der Waals surface area contributed by atoms with Crippen molar-refractivity contribution < 1.29 is 23.1 Å². The van der Waals surface area contributed by atoms with E-state index in [-0.39, 0.29) is 11.1 Å². The number of ether oxygens (including phenoxy) is 1. The number of benzene rings is 1. The van der Waals surface area contributed by atoms with Crippen LogP contribution < -0.4 is 9.46 Å². The number of carbonyl (C=O) groups is 1. The van der Waals surface area contributed by atoms with Crippen LogP contribution in [0.4, 0.5) is 5.69 Å². The van der Waals surface area contributed by atoms with Gasteiger partial charge in [0.15, 0.2) is 5.75 Å². The second-order valence-electron chi connectivity index (χ2n) is 5.42. The van der Waals surface area contributed by atoms with Gasteiger partial charge in [0.1, 0.15) is 5.75 Å². The molecule has 0 bridgehead atoms. The van der Waals surface area contributed by atoms with Gasteiger partial charge in [0.25, 0.3) is 0 Å². The van der Waals surface area contributed by atoms with Crippen LogP contribution in [0.3, 0.4) is 0 Å². The quantitative estimate of drug-likeness (QED) is 0.865. The highest BCUT2D eigenvalue weighted by Crippen LogP contribution is 2.31. The van der Waals surface area contributed by atoms with Crippen molar-refractivity contribution in [3.05, 3.63) is 23.8 Å². The van der Waals surface area contributed by atoms with Gasteiger partial charge in [-0.3, -0.25) is 9.52 Å². The van der Waals surface area contributed by atoms with Gasteiger partial charge in [0, 0.05) is 0 Å². The molecule has 0 aliphatic carbocycles. The summed E-state index contributed by atoms with van der Waals surface area (Å²) in [5.74, 6) is -2.06. The molecule has 0 spiro atoms. The lowest BCUT2D eigenvalue weighted by Gasteiger charge is -2.21. The van der Waals surface area contributed by atoms with Gasteiger partial charge in [0.05, 0.1) is 12.8 Å². The Bertz CT molecular complexity index is 602. The molecule has 0 aromatic heterocycles. The highest BCUT2D eigenvalue weighted by Gasteiger charge is 2.20. The minimum atomic E-state index is -3.96. The first-order valence-corrected chi connectivity index (χ1v) is 7.61. The van der Waals surface area contributed by atoms with Gasteiger partial charge in [-0.1, -0.05) is 26.8 Å². The Morgan fingerprint density at radius 2 is 1.95 bits per heavy atom. The van der Waals surface area contributed by atoms with E-state index in [4.69, 9.17) is 9.84 Å². The number of aliphatic carboxylic acids is 1. The summed E-state index contributed by atoms with van der Waals surface area (Å²) in [7, 11) is -2.54. The van der Waals surface area contributed by atoms with Crippen LogP contribution in [0.5, 0.6) is 5.75 Å². The predicted octanol–water partition coefficient (Wildman–Crippen LogP) is 1.82. The molecule has 2 N–H and O–H groups in total. The number of rotatable bonds is 5.